The summed E-state index contributed by atoms with van der Waals surface area (Å²) in [5.74, 6) is 1.97. The van der Waals surface area contributed by atoms with Gasteiger partial charge in [-0.3, -0.25) is 0 Å². The quantitative estimate of drug-likeness (QED) is 0.405. The van der Waals surface area contributed by atoms with Gasteiger partial charge in [-0.1, -0.05) is 54.6 Å². The Kier molecular flexibility index (Phi) is 5.86. The molecule has 0 aliphatic heterocycles. The number of rotatable bonds is 7. The van der Waals surface area contributed by atoms with E-state index in [4.69, 9.17) is 9.72 Å². The van der Waals surface area contributed by atoms with E-state index in [1.807, 2.05) is 24.3 Å². The predicted molar refractivity (Wildman–Crippen MR) is 124 cm³/mol. The van der Waals surface area contributed by atoms with Crippen molar-refractivity contribution in [2.24, 2.45) is 0 Å². The van der Waals surface area contributed by atoms with Gasteiger partial charge in [0.1, 0.15) is 11.6 Å². The fourth-order valence-electron chi connectivity index (χ4n) is 3.96. The summed E-state index contributed by atoms with van der Waals surface area (Å²) in [5, 5.41) is 3.65. The van der Waals surface area contributed by atoms with Gasteiger partial charge in [-0.2, -0.15) is 0 Å². The molecule has 4 rings (SSSR count). The molecule has 4 nitrogen and oxygen atoms in total. The SMILES string of the molecule is COc1ccccc1-c1ccc(CNC(C)c2nc3ccccc3n2C(C)C)cc1. The highest BCUT2D eigenvalue weighted by Crippen LogP contribution is 2.30. The largest absolute Gasteiger partial charge is 0.496 e. The van der Waals surface area contributed by atoms with Gasteiger partial charge in [0.2, 0.25) is 0 Å². The molecule has 4 heteroatoms. The minimum Gasteiger partial charge on any atom is -0.496 e. The van der Waals surface area contributed by atoms with Crippen LogP contribution in [0.4, 0.5) is 0 Å². The van der Waals surface area contributed by atoms with Crippen LogP contribution in [-0.4, -0.2) is 16.7 Å². The normalized spacial score (nSPS) is 12.4. The number of benzene rings is 3. The molecule has 1 heterocycles. The van der Waals surface area contributed by atoms with E-state index in [2.05, 4.69) is 79.2 Å². The molecule has 0 saturated carbocycles. The Morgan fingerprint density at radius 1 is 0.900 bits per heavy atom. The van der Waals surface area contributed by atoms with E-state index in [-0.39, 0.29) is 6.04 Å². The van der Waals surface area contributed by atoms with Gasteiger partial charge in [-0.15, -0.1) is 0 Å². The first-order chi connectivity index (χ1) is 14.6. The molecule has 154 valence electrons. The van der Waals surface area contributed by atoms with Crippen molar-refractivity contribution in [3.8, 4) is 16.9 Å². The van der Waals surface area contributed by atoms with E-state index >= 15 is 0 Å². The van der Waals surface area contributed by atoms with E-state index in [0.29, 0.717) is 6.04 Å². The van der Waals surface area contributed by atoms with E-state index in [1.165, 1.54) is 11.1 Å². The maximum absolute atomic E-state index is 5.49. The van der Waals surface area contributed by atoms with Gasteiger partial charge in [-0.25, -0.2) is 4.98 Å². The maximum atomic E-state index is 5.49. The minimum atomic E-state index is 0.147. The lowest BCUT2D eigenvalue weighted by atomic mass is 10.0. The van der Waals surface area contributed by atoms with Gasteiger partial charge in [0.15, 0.2) is 0 Å². The van der Waals surface area contributed by atoms with Crippen molar-refractivity contribution >= 4 is 11.0 Å². The number of hydrogen-bond acceptors (Lipinski definition) is 3. The third-order valence-electron chi connectivity index (χ3n) is 5.51. The van der Waals surface area contributed by atoms with Gasteiger partial charge >= 0.3 is 0 Å². The van der Waals surface area contributed by atoms with Gasteiger partial charge in [0.05, 0.1) is 24.2 Å². The maximum Gasteiger partial charge on any atom is 0.127 e. The Balaban J connectivity index is 1.50. The minimum absolute atomic E-state index is 0.147. The molecule has 0 aliphatic rings. The first kappa shape index (κ1) is 20.2. The van der Waals surface area contributed by atoms with Crippen molar-refractivity contribution in [2.45, 2.75) is 39.4 Å². The van der Waals surface area contributed by atoms with Gasteiger partial charge in [0, 0.05) is 18.2 Å². The summed E-state index contributed by atoms with van der Waals surface area (Å²) >= 11 is 0. The van der Waals surface area contributed by atoms with E-state index < -0.39 is 0 Å². The van der Waals surface area contributed by atoms with Crippen molar-refractivity contribution in [1.29, 1.82) is 0 Å². The van der Waals surface area contributed by atoms with Crippen LogP contribution in [0.25, 0.3) is 22.2 Å². The molecule has 1 unspecified atom stereocenters. The molecule has 1 aromatic heterocycles. The Hall–Kier alpha value is -3.11. The highest BCUT2D eigenvalue weighted by Gasteiger charge is 2.18. The number of fused-ring (bicyclic) bond motifs is 1. The Morgan fingerprint density at radius 2 is 1.60 bits per heavy atom. The first-order valence-electron chi connectivity index (χ1n) is 10.5. The standard InChI is InChI=1S/C26H29N3O/c1-18(2)29-24-11-7-6-10-23(24)28-26(29)19(3)27-17-20-13-15-21(16-14-20)22-9-5-8-12-25(22)30-4/h5-16,18-19,27H,17H2,1-4H3. The lowest BCUT2D eigenvalue weighted by Crippen LogP contribution is -2.22. The zero-order valence-corrected chi connectivity index (χ0v) is 18.1. The average molecular weight is 400 g/mol. The molecule has 0 radical (unpaired) electrons. The Labute approximate surface area is 178 Å². The van der Waals surface area contributed by atoms with Crippen molar-refractivity contribution in [2.75, 3.05) is 7.11 Å². The summed E-state index contributed by atoms with van der Waals surface area (Å²) in [7, 11) is 1.71. The van der Waals surface area contributed by atoms with Crippen LogP contribution in [0.5, 0.6) is 5.75 Å². The molecule has 0 amide bonds. The topological polar surface area (TPSA) is 39.1 Å². The second kappa shape index (κ2) is 8.72. The molecule has 0 fully saturated rings. The van der Waals surface area contributed by atoms with Crippen molar-refractivity contribution < 1.29 is 4.74 Å². The molecule has 4 aromatic rings. The van der Waals surface area contributed by atoms with Crippen LogP contribution in [0.3, 0.4) is 0 Å². The van der Waals surface area contributed by atoms with Crippen LogP contribution in [0, 0.1) is 0 Å². The van der Waals surface area contributed by atoms with Crippen LogP contribution in [0.2, 0.25) is 0 Å². The molecule has 0 saturated heterocycles. The summed E-state index contributed by atoms with van der Waals surface area (Å²) in [6.45, 7) is 7.39. The zero-order valence-electron chi connectivity index (χ0n) is 18.1. The van der Waals surface area contributed by atoms with Crippen LogP contribution in [0.15, 0.2) is 72.8 Å². The number of ether oxygens (including phenoxy) is 1. The molecule has 3 aromatic carbocycles. The molecule has 1 atom stereocenters. The van der Waals surface area contributed by atoms with Crippen LogP contribution in [-0.2, 0) is 6.54 Å². The van der Waals surface area contributed by atoms with Crippen molar-refractivity contribution in [1.82, 2.24) is 14.9 Å². The monoisotopic (exact) mass is 399 g/mol. The van der Waals surface area contributed by atoms with Crippen LogP contribution < -0.4 is 10.1 Å². The average Bonchev–Trinajstić information content (AvgIpc) is 3.18. The van der Waals surface area contributed by atoms with Crippen molar-refractivity contribution in [3.63, 3.8) is 0 Å². The fourth-order valence-corrected chi connectivity index (χ4v) is 3.96. The van der Waals surface area contributed by atoms with Gasteiger partial charge in [-0.05, 0) is 50.1 Å². The smallest absolute Gasteiger partial charge is 0.127 e. The molecular formula is C26H29N3O. The summed E-state index contributed by atoms with van der Waals surface area (Å²) in [5.41, 5.74) is 5.76. The first-order valence-corrected chi connectivity index (χ1v) is 10.5. The molecule has 0 bridgehead atoms. The zero-order chi connectivity index (χ0) is 21.1. The number of hydrogen-bond donors (Lipinski definition) is 1. The molecule has 0 aliphatic carbocycles. The summed E-state index contributed by atoms with van der Waals surface area (Å²) in [6, 6.07) is 25.6. The third-order valence-corrected chi connectivity index (χ3v) is 5.51. The lowest BCUT2D eigenvalue weighted by molar-refractivity contribution is 0.416. The predicted octanol–water partition coefficient (Wildman–Crippen LogP) is 6.14. The summed E-state index contributed by atoms with van der Waals surface area (Å²) in [4.78, 5) is 4.91. The van der Waals surface area contributed by atoms with Crippen molar-refractivity contribution in [3.05, 3.63) is 84.2 Å². The second-order valence-corrected chi connectivity index (χ2v) is 7.92. The number of imidazole rings is 1. The molecule has 30 heavy (non-hydrogen) atoms. The van der Waals surface area contributed by atoms with E-state index in [0.717, 1.165) is 34.8 Å². The highest BCUT2D eigenvalue weighted by molar-refractivity contribution is 5.76. The third kappa shape index (κ3) is 3.96. The molecular weight excluding hydrogens is 370 g/mol. The lowest BCUT2D eigenvalue weighted by Gasteiger charge is -2.19. The summed E-state index contributed by atoms with van der Waals surface area (Å²) in [6.07, 6.45) is 0. The number of nitrogens with zero attached hydrogens (tertiary/aromatic N) is 2. The van der Waals surface area contributed by atoms with Crippen LogP contribution >= 0.6 is 0 Å². The summed E-state index contributed by atoms with van der Waals surface area (Å²) < 4.78 is 7.82. The number of nitrogens with one attached hydrogen (secondary N) is 1. The number of para-hydroxylation sites is 3. The second-order valence-electron chi connectivity index (χ2n) is 7.92. The number of aromatic nitrogens is 2. The molecule has 1 N–H and O–H groups in total. The van der Waals surface area contributed by atoms with Gasteiger partial charge < -0.3 is 14.6 Å². The van der Waals surface area contributed by atoms with Crippen LogP contribution in [0.1, 0.15) is 44.2 Å². The van der Waals surface area contributed by atoms with Gasteiger partial charge in [0.25, 0.3) is 0 Å². The van der Waals surface area contributed by atoms with E-state index in [1.54, 1.807) is 7.11 Å². The highest BCUT2D eigenvalue weighted by atomic mass is 16.5. The number of methoxy groups -OCH3 is 1. The fraction of sp³-hybridized carbons (Fsp3) is 0.269. The Bertz CT molecular complexity index is 1130. The van der Waals surface area contributed by atoms with E-state index in [9.17, 15) is 0 Å². The molecule has 0 spiro atoms. The Morgan fingerprint density at radius 3 is 2.33 bits per heavy atom.